The van der Waals surface area contributed by atoms with Gasteiger partial charge in [0, 0.05) is 48.8 Å². The van der Waals surface area contributed by atoms with E-state index >= 15 is 0 Å². The summed E-state index contributed by atoms with van der Waals surface area (Å²) in [5.74, 6) is 0.826. The van der Waals surface area contributed by atoms with Crippen LogP contribution in [0.4, 0.5) is 5.69 Å². The maximum Gasteiger partial charge on any atom is 0.191 e. The minimum atomic E-state index is 0.365. The van der Waals surface area contributed by atoms with E-state index in [2.05, 4.69) is 83.9 Å². The zero-order valence-corrected chi connectivity index (χ0v) is 17.5. The van der Waals surface area contributed by atoms with E-state index in [1.807, 2.05) is 25.4 Å². The van der Waals surface area contributed by atoms with Crippen LogP contribution in [-0.4, -0.2) is 37.1 Å². The summed E-state index contributed by atoms with van der Waals surface area (Å²) in [6.07, 6.45) is 2.92. The number of pyridine rings is 1. The highest BCUT2D eigenvalue weighted by Gasteiger charge is 2.24. The number of hydrogen-bond donors (Lipinski definition) is 2. The molecule has 3 aromatic rings. The van der Waals surface area contributed by atoms with E-state index in [0.29, 0.717) is 12.6 Å². The van der Waals surface area contributed by atoms with Gasteiger partial charge in [-0.05, 0) is 46.1 Å². The van der Waals surface area contributed by atoms with Crippen molar-refractivity contribution < 1.29 is 0 Å². The highest BCUT2D eigenvalue weighted by Crippen LogP contribution is 2.28. The number of para-hydroxylation sites is 2. The van der Waals surface area contributed by atoms with E-state index < -0.39 is 0 Å². The molecule has 2 heterocycles. The van der Waals surface area contributed by atoms with Gasteiger partial charge in [-0.1, -0.05) is 36.4 Å². The number of rotatable bonds is 4. The second-order valence-electron chi connectivity index (χ2n) is 6.95. The molecule has 1 fully saturated rings. The molecule has 2 N–H and O–H groups in total. The Labute approximate surface area is 174 Å². The van der Waals surface area contributed by atoms with Gasteiger partial charge in [0.05, 0.1) is 11.2 Å². The van der Waals surface area contributed by atoms with Crippen molar-refractivity contribution in [2.24, 2.45) is 4.99 Å². The fraction of sp³-hybridized carbons (Fsp3) is 0.273. The van der Waals surface area contributed by atoms with Gasteiger partial charge in [-0.2, -0.15) is 0 Å². The first-order valence-corrected chi connectivity index (χ1v) is 10.3. The molecule has 1 saturated heterocycles. The molecule has 1 unspecified atom stereocenters. The van der Waals surface area contributed by atoms with Crippen LogP contribution in [0.5, 0.6) is 0 Å². The van der Waals surface area contributed by atoms with Crippen LogP contribution in [0.1, 0.15) is 12.0 Å². The highest BCUT2D eigenvalue weighted by atomic mass is 79.9. The number of fused-ring (bicyclic) bond motifs is 1. The molecule has 0 spiro atoms. The molecule has 1 aliphatic rings. The molecule has 0 radical (unpaired) electrons. The monoisotopic (exact) mass is 437 g/mol. The van der Waals surface area contributed by atoms with Crippen molar-refractivity contribution in [2.75, 3.05) is 25.0 Å². The minimum Gasteiger partial charge on any atom is -0.368 e. The summed E-state index contributed by atoms with van der Waals surface area (Å²) in [7, 11) is 1.82. The Balaban J connectivity index is 1.37. The fourth-order valence-electron chi connectivity index (χ4n) is 3.68. The Morgan fingerprint density at radius 3 is 2.89 bits per heavy atom. The van der Waals surface area contributed by atoms with Gasteiger partial charge >= 0.3 is 0 Å². The van der Waals surface area contributed by atoms with Crippen molar-refractivity contribution in [3.05, 3.63) is 70.8 Å². The van der Waals surface area contributed by atoms with Gasteiger partial charge in [0.25, 0.3) is 0 Å². The summed E-state index contributed by atoms with van der Waals surface area (Å²) in [5, 5.41) is 8.16. The average molecular weight is 438 g/mol. The molecule has 5 nitrogen and oxygen atoms in total. The molecule has 0 saturated carbocycles. The Kier molecular flexibility index (Phi) is 5.76. The highest BCUT2D eigenvalue weighted by molar-refractivity contribution is 9.10. The lowest BCUT2D eigenvalue weighted by atomic mass is 10.1. The number of nitrogens with zero attached hydrogens (tertiary/aromatic N) is 3. The second kappa shape index (κ2) is 8.61. The maximum absolute atomic E-state index is 4.53. The first kappa shape index (κ1) is 18.7. The van der Waals surface area contributed by atoms with Crippen molar-refractivity contribution in [3.63, 3.8) is 0 Å². The van der Waals surface area contributed by atoms with E-state index in [9.17, 15) is 0 Å². The number of aliphatic imine (C=N–C) groups is 1. The third-order valence-corrected chi connectivity index (χ3v) is 5.78. The number of hydrogen-bond acceptors (Lipinski definition) is 3. The molecule has 28 heavy (non-hydrogen) atoms. The summed E-state index contributed by atoms with van der Waals surface area (Å²) < 4.78 is 1.14. The van der Waals surface area contributed by atoms with Crippen LogP contribution >= 0.6 is 15.9 Å². The first-order valence-electron chi connectivity index (χ1n) is 9.54. The number of anilines is 1. The van der Waals surface area contributed by atoms with Crippen molar-refractivity contribution in [2.45, 2.75) is 19.0 Å². The number of aromatic nitrogens is 1. The van der Waals surface area contributed by atoms with Gasteiger partial charge in [0.1, 0.15) is 0 Å². The van der Waals surface area contributed by atoms with Gasteiger partial charge < -0.3 is 15.5 Å². The van der Waals surface area contributed by atoms with Crippen LogP contribution in [0.2, 0.25) is 0 Å². The van der Waals surface area contributed by atoms with E-state index in [4.69, 9.17) is 0 Å². The zero-order valence-electron chi connectivity index (χ0n) is 15.9. The van der Waals surface area contributed by atoms with Crippen molar-refractivity contribution in [3.8, 4) is 0 Å². The molecule has 2 aromatic carbocycles. The molecule has 1 aromatic heterocycles. The van der Waals surface area contributed by atoms with Gasteiger partial charge in [0.15, 0.2) is 5.96 Å². The summed E-state index contributed by atoms with van der Waals surface area (Å²) >= 11 is 3.66. The lowest BCUT2D eigenvalue weighted by molar-refractivity contribution is 0.649. The SMILES string of the molecule is CN=C(NCc1cccc2cccnc12)NC1CCN(c2ccccc2Br)C1. The number of nitrogens with one attached hydrogen (secondary N) is 2. The second-order valence-corrected chi connectivity index (χ2v) is 7.80. The molecule has 0 aliphatic carbocycles. The van der Waals surface area contributed by atoms with Crippen LogP contribution in [0.25, 0.3) is 10.9 Å². The lowest BCUT2D eigenvalue weighted by Gasteiger charge is -2.21. The predicted octanol–water partition coefficient (Wildman–Crippen LogP) is 3.94. The van der Waals surface area contributed by atoms with E-state index in [0.717, 1.165) is 40.8 Å². The van der Waals surface area contributed by atoms with Crippen molar-refractivity contribution in [1.29, 1.82) is 0 Å². The van der Waals surface area contributed by atoms with E-state index in [1.54, 1.807) is 0 Å². The summed E-state index contributed by atoms with van der Waals surface area (Å²) in [6.45, 7) is 2.68. The minimum absolute atomic E-state index is 0.365. The zero-order chi connectivity index (χ0) is 19.3. The molecule has 0 amide bonds. The third-order valence-electron chi connectivity index (χ3n) is 5.11. The van der Waals surface area contributed by atoms with Crippen LogP contribution in [0.3, 0.4) is 0 Å². The Morgan fingerprint density at radius 1 is 1.18 bits per heavy atom. The quantitative estimate of drug-likeness (QED) is 0.479. The van der Waals surface area contributed by atoms with Crippen LogP contribution in [-0.2, 0) is 6.54 Å². The van der Waals surface area contributed by atoms with Gasteiger partial charge in [-0.15, -0.1) is 0 Å². The van der Waals surface area contributed by atoms with Gasteiger partial charge in [0.2, 0.25) is 0 Å². The molecule has 1 atom stereocenters. The van der Waals surface area contributed by atoms with Gasteiger partial charge in [-0.3, -0.25) is 9.98 Å². The summed E-state index contributed by atoms with van der Waals surface area (Å²) in [5.41, 5.74) is 3.45. The predicted molar refractivity (Wildman–Crippen MR) is 120 cm³/mol. The molecular weight excluding hydrogens is 414 g/mol. The third kappa shape index (κ3) is 4.12. The lowest BCUT2D eigenvalue weighted by Crippen LogP contribution is -2.44. The molecule has 0 bridgehead atoms. The summed E-state index contributed by atoms with van der Waals surface area (Å²) in [6, 6.07) is 19.1. The van der Waals surface area contributed by atoms with Crippen molar-refractivity contribution in [1.82, 2.24) is 15.6 Å². The number of halogens is 1. The first-order chi connectivity index (χ1) is 13.7. The fourth-order valence-corrected chi connectivity index (χ4v) is 4.22. The maximum atomic E-state index is 4.53. The summed E-state index contributed by atoms with van der Waals surface area (Å²) in [4.78, 5) is 11.3. The largest absolute Gasteiger partial charge is 0.368 e. The van der Waals surface area contributed by atoms with Crippen LogP contribution < -0.4 is 15.5 Å². The molecule has 4 rings (SSSR count). The Bertz CT molecular complexity index is 982. The van der Waals surface area contributed by atoms with E-state index in [1.165, 1.54) is 11.3 Å². The van der Waals surface area contributed by atoms with E-state index in [-0.39, 0.29) is 0 Å². The molecule has 1 aliphatic heterocycles. The smallest absolute Gasteiger partial charge is 0.191 e. The standard InChI is InChI=1S/C22H24BrN5/c1-24-22(26-14-17-7-4-6-16-8-5-12-25-21(16)17)27-18-11-13-28(15-18)20-10-3-2-9-19(20)23/h2-10,12,18H,11,13-15H2,1H3,(H2,24,26,27). The molecular formula is C22H24BrN5. The van der Waals surface area contributed by atoms with Crippen molar-refractivity contribution >= 4 is 38.5 Å². The normalized spacial score (nSPS) is 17.1. The Morgan fingerprint density at radius 2 is 2.04 bits per heavy atom. The Hall–Kier alpha value is -2.60. The number of benzene rings is 2. The molecule has 6 heteroatoms. The van der Waals surface area contributed by atoms with Crippen LogP contribution in [0, 0.1) is 0 Å². The number of guanidine groups is 1. The van der Waals surface area contributed by atoms with Crippen LogP contribution in [0.15, 0.2) is 70.3 Å². The molecule has 144 valence electrons. The topological polar surface area (TPSA) is 52.6 Å². The van der Waals surface area contributed by atoms with Gasteiger partial charge in [-0.25, -0.2) is 0 Å². The average Bonchev–Trinajstić information content (AvgIpc) is 3.19.